The first-order valence-electron chi connectivity index (χ1n) is 2.73. The first-order chi connectivity index (χ1) is 3.80. The van der Waals surface area contributed by atoms with Crippen LogP contribution in [0.4, 0.5) is 0 Å². The fourth-order valence-electron chi connectivity index (χ4n) is 0.540. The van der Waals surface area contributed by atoms with E-state index in [4.69, 9.17) is 0 Å². The van der Waals surface area contributed by atoms with Gasteiger partial charge >= 0.3 is 0 Å². The van der Waals surface area contributed by atoms with Crippen molar-refractivity contribution in [1.82, 2.24) is 0 Å². The van der Waals surface area contributed by atoms with Crippen LogP contribution >= 0.6 is 11.3 Å². The van der Waals surface area contributed by atoms with Crippen LogP contribution in [0.5, 0.6) is 0 Å². The molecule has 0 saturated heterocycles. The average molecular weight is 128 g/mol. The van der Waals surface area contributed by atoms with Gasteiger partial charge in [-0.25, -0.2) is 0 Å². The van der Waals surface area contributed by atoms with Gasteiger partial charge in [-0.3, -0.25) is 0 Å². The minimum atomic E-state index is 0.612. The maximum absolute atomic E-state index is 2.19. The highest BCUT2D eigenvalue weighted by Crippen LogP contribution is 1.94. The van der Waals surface area contributed by atoms with Gasteiger partial charge in [0.05, 0.1) is 5.38 Å². The molecular weight excluding hydrogens is 118 g/mol. The quantitative estimate of drug-likeness (QED) is 0.506. The predicted molar refractivity (Wildman–Crippen MR) is 34.9 cm³/mol. The maximum atomic E-state index is 2.19. The van der Waals surface area contributed by atoms with Crippen LogP contribution in [0.3, 0.4) is 0 Å². The van der Waals surface area contributed by atoms with E-state index in [1.165, 1.54) is 0 Å². The molecule has 0 aromatic carbocycles. The van der Waals surface area contributed by atoms with E-state index in [1.54, 1.807) is 11.3 Å². The topological polar surface area (TPSA) is 3.88 Å². The smallest absolute Gasteiger partial charge is 0.193 e. The molecule has 0 atom stereocenters. The lowest BCUT2D eigenvalue weighted by Gasteiger charge is -1.90. The van der Waals surface area contributed by atoms with Crippen LogP contribution < -0.4 is 4.57 Å². The molecule has 0 fully saturated rings. The molecule has 0 amide bonds. The molecule has 2 heteroatoms. The molecule has 8 heavy (non-hydrogen) atoms. The predicted octanol–water partition coefficient (Wildman–Crippen LogP) is 1.62. The van der Waals surface area contributed by atoms with Crippen molar-refractivity contribution in [2.24, 2.45) is 0 Å². The number of hydrogen-bond donors (Lipinski definition) is 0. The average Bonchev–Trinajstić information content (AvgIpc) is 2.12. The largest absolute Gasteiger partial charge is 0.224 e. The lowest BCUT2D eigenvalue weighted by Crippen LogP contribution is -2.32. The highest BCUT2D eigenvalue weighted by Gasteiger charge is 2.02. The third-order valence-electron chi connectivity index (χ3n) is 1.09. The van der Waals surface area contributed by atoms with E-state index in [9.17, 15) is 0 Å². The van der Waals surface area contributed by atoms with Crippen LogP contribution in [-0.4, -0.2) is 0 Å². The van der Waals surface area contributed by atoms with E-state index < -0.39 is 0 Å². The molecule has 1 rings (SSSR count). The lowest BCUT2D eigenvalue weighted by molar-refractivity contribution is -0.711. The Morgan fingerprint density at radius 1 is 1.50 bits per heavy atom. The molecule has 0 radical (unpaired) electrons. The van der Waals surface area contributed by atoms with Crippen molar-refractivity contribution in [1.29, 1.82) is 0 Å². The first kappa shape index (κ1) is 5.76. The summed E-state index contributed by atoms with van der Waals surface area (Å²) >= 11 is 1.73. The Kier molecular flexibility index (Phi) is 1.63. The molecule has 44 valence electrons. The molecule has 0 saturated carbocycles. The molecule has 0 aliphatic heterocycles. The van der Waals surface area contributed by atoms with Crippen molar-refractivity contribution in [3.63, 3.8) is 0 Å². The highest BCUT2D eigenvalue weighted by molar-refractivity contribution is 7.07. The summed E-state index contributed by atoms with van der Waals surface area (Å²) in [5, 5.41) is 2.08. The first-order valence-corrected chi connectivity index (χ1v) is 3.68. The number of aromatic nitrogens is 1. The van der Waals surface area contributed by atoms with E-state index in [0.29, 0.717) is 6.04 Å². The van der Waals surface area contributed by atoms with Crippen molar-refractivity contribution in [3.05, 3.63) is 17.1 Å². The van der Waals surface area contributed by atoms with Gasteiger partial charge in [0.1, 0.15) is 0 Å². The molecular formula is C6H10NS+. The normalized spacial score (nSPS) is 10.4. The van der Waals surface area contributed by atoms with Crippen molar-refractivity contribution in [3.8, 4) is 0 Å². The van der Waals surface area contributed by atoms with Crippen molar-refractivity contribution in [2.45, 2.75) is 19.9 Å². The van der Waals surface area contributed by atoms with Crippen LogP contribution in [0.25, 0.3) is 0 Å². The van der Waals surface area contributed by atoms with Gasteiger partial charge in [-0.15, -0.1) is 0 Å². The van der Waals surface area contributed by atoms with Crippen molar-refractivity contribution < 1.29 is 4.57 Å². The molecule has 0 unspecified atom stereocenters. The Labute approximate surface area is 53.6 Å². The fraction of sp³-hybridized carbons (Fsp3) is 0.500. The van der Waals surface area contributed by atoms with Gasteiger partial charge < -0.3 is 0 Å². The lowest BCUT2D eigenvalue weighted by atomic mass is 10.4. The van der Waals surface area contributed by atoms with E-state index >= 15 is 0 Å². The van der Waals surface area contributed by atoms with E-state index in [-0.39, 0.29) is 0 Å². The summed E-state index contributed by atoms with van der Waals surface area (Å²) < 4.78 is 2.19. The second-order valence-electron chi connectivity index (χ2n) is 2.07. The summed E-state index contributed by atoms with van der Waals surface area (Å²) in [5.74, 6) is 0. The maximum Gasteiger partial charge on any atom is 0.224 e. The second-order valence-corrected chi connectivity index (χ2v) is 2.82. The number of rotatable bonds is 1. The summed E-state index contributed by atoms with van der Waals surface area (Å²) in [6, 6.07) is 0.612. The monoisotopic (exact) mass is 128 g/mol. The second kappa shape index (κ2) is 2.27. The summed E-state index contributed by atoms with van der Waals surface area (Å²) in [6.07, 6.45) is 2.09. The van der Waals surface area contributed by atoms with Crippen LogP contribution in [0, 0.1) is 0 Å². The van der Waals surface area contributed by atoms with Gasteiger partial charge in [-0.2, -0.15) is 4.57 Å². The zero-order valence-corrected chi connectivity index (χ0v) is 5.98. The van der Waals surface area contributed by atoms with Crippen molar-refractivity contribution >= 4 is 11.3 Å². The zero-order chi connectivity index (χ0) is 5.98. The van der Waals surface area contributed by atoms with Crippen LogP contribution in [0.1, 0.15) is 19.9 Å². The Bertz CT molecular complexity index is 144. The van der Waals surface area contributed by atoms with Gasteiger partial charge in [0.15, 0.2) is 12.2 Å². The minimum absolute atomic E-state index is 0.612. The van der Waals surface area contributed by atoms with Gasteiger partial charge in [-0.1, -0.05) is 11.3 Å². The number of hydrogen-bond acceptors (Lipinski definition) is 1. The van der Waals surface area contributed by atoms with Gasteiger partial charge in [0.2, 0.25) is 5.51 Å². The van der Waals surface area contributed by atoms with Crippen molar-refractivity contribution in [2.75, 3.05) is 0 Å². The molecule has 0 bridgehead atoms. The Morgan fingerprint density at radius 3 is 2.50 bits per heavy atom. The number of nitrogens with zero attached hydrogens (tertiary/aromatic N) is 1. The molecule has 1 nitrogen and oxygen atoms in total. The SMILES string of the molecule is CC(C)[n+]1ccsc1. The van der Waals surface area contributed by atoms with E-state index in [2.05, 4.69) is 35.5 Å². The Balaban J connectivity index is 2.77. The summed E-state index contributed by atoms with van der Waals surface area (Å²) in [5.41, 5.74) is 2.12. The van der Waals surface area contributed by atoms with Gasteiger partial charge in [0, 0.05) is 0 Å². The van der Waals surface area contributed by atoms with Crippen LogP contribution in [0.15, 0.2) is 17.1 Å². The van der Waals surface area contributed by atoms with Crippen LogP contribution in [-0.2, 0) is 0 Å². The third kappa shape index (κ3) is 1.07. The van der Waals surface area contributed by atoms with E-state index in [1.807, 2.05) is 0 Å². The molecule has 1 aromatic rings. The minimum Gasteiger partial charge on any atom is -0.193 e. The molecule has 1 heterocycles. The van der Waals surface area contributed by atoms with E-state index in [0.717, 1.165) is 0 Å². The van der Waals surface area contributed by atoms with Gasteiger partial charge in [-0.05, 0) is 13.8 Å². The highest BCUT2D eigenvalue weighted by atomic mass is 32.1. The Morgan fingerprint density at radius 2 is 2.25 bits per heavy atom. The molecule has 0 aliphatic rings. The summed E-state index contributed by atoms with van der Waals surface area (Å²) in [4.78, 5) is 0. The standard InChI is InChI=1S/C6H10NS/c1-6(2)7-3-4-8-5-7/h3-6H,1-2H3/q+1. The van der Waals surface area contributed by atoms with Gasteiger partial charge in [0.25, 0.3) is 0 Å². The Hall–Kier alpha value is -0.370. The third-order valence-corrected chi connectivity index (χ3v) is 1.73. The molecule has 0 N–H and O–H groups in total. The summed E-state index contributed by atoms with van der Waals surface area (Å²) in [7, 11) is 0. The summed E-state index contributed by atoms with van der Waals surface area (Å²) in [6.45, 7) is 4.35. The zero-order valence-electron chi connectivity index (χ0n) is 5.16. The fourth-order valence-corrected chi connectivity index (χ4v) is 1.28. The molecule has 1 aromatic heterocycles. The number of thiazole rings is 1. The molecule has 0 aliphatic carbocycles. The van der Waals surface area contributed by atoms with Crippen LogP contribution in [0.2, 0.25) is 0 Å². The molecule has 0 spiro atoms.